The van der Waals surface area contributed by atoms with Crippen molar-refractivity contribution in [3.05, 3.63) is 75.6 Å². The van der Waals surface area contributed by atoms with E-state index in [0.29, 0.717) is 22.8 Å². The van der Waals surface area contributed by atoms with Gasteiger partial charge in [0.1, 0.15) is 18.1 Å². The Morgan fingerprint density at radius 2 is 1.87 bits per heavy atom. The molecule has 0 aliphatic rings. The summed E-state index contributed by atoms with van der Waals surface area (Å²) < 4.78 is 6.60. The Morgan fingerprint density at radius 3 is 2.57 bits per heavy atom. The number of hydrogen-bond acceptors (Lipinski definition) is 3. The predicted octanol–water partition coefficient (Wildman–Crippen LogP) is 4.30. The van der Waals surface area contributed by atoms with Crippen molar-refractivity contribution in [2.45, 2.75) is 6.61 Å². The normalized spacial score (nSPS) is 10.5. The number of amides is 1. The zero-order valence-corrected chi connectivity index (χ0v) is 14.3. The first-order valence-electron chi connectivity index (χ1n) is 7.02. The molecule has 2 N–H and O–H groups in total. The molecule has 0 saturated carbocycles. The van der Waals surface area contributed by atoms with Crippen molar-refractivity contribution in [3.63, 3.8) is 0 Å². The van der Waals surface area contributed by atoms with Crippen molar-refractivity contribution in [1.29, 1.82) is 0 Å². The van der Waals surface area contributed by atoms with Crippen LogP contribution in [0, 0.1) is 3.57 Å². The number of hydrogen-bond donors (Lipinski definition) is 2. The summed E-state index contributed by atoms with van der Waals surface area (Å²) in [5.41, 5.74) is 2.13. The Kier molecular flexibility index (Phi) is 4.78. The second kappa shape index (κ2) is 6.97. The molecule has 0 spiro atoms. The molecule has 0 atom stereocenters. The third kappa shape index (κ3) is 3.80. The average molecular weight is 419 g/mol. The van der Waals surface area contributed by atoms with Gasteiger partial charge in [-0.2, -0.15) is 0 Å². The zero-order chi connectivity index (χ0) is 16.2. The first-order chi connectivity index (χ1) is 11.2. The van der Waals surface area contributed by atoms with Crippen molar-refractivity contribution >= 4 is 34.2 Å². The number of benzene rings is 2. The average Bonchev–Trinajstić information content (AvgIpc) is 3.05. The van der Waals surface area contributed by atoms with E-state index >= 15 is 0 Å². The van der Waals surface area contributed by atoms with E-state index in [2.05, 4.69) is 27.9 Å². The lowest BCUT2D eigenvalue weighted by molar-refractivity contribution is 0.102. The van der Waals surface area contributed by atoms with Crippen molar-refractivity contribution in [2.24, 2.45) is 0 Å². The lowest BCUT2D eigenvalue weighted by Crippen LogP contribution is -2.11. The van der Waals surface area contributed by atoms with E-state index in [1.54, 1.807) is 24.3 Å². The second-order valence-corrected chi connectivity index (χ2v) is 6.21. The van der Waals surface area contributed by atoms with Gasteiger partial charge in [0.2, 0.25) is 0 Å². The molecule has 0 unspecified atom stereocenters. The molecule has 0 saturated heterocycles. The summed E-state index contributed by atoms with van der Waals surface area (Å²) in [7, 11) is 0. The number of nitrogens with one attached hydrogen (secondary N) is 1. The fourth-order valence-electron chi connectivity index (χ4n) is 2.17. The minimum absolute atomic E-state index is 0.136. The molecule has 1 heterocycles. The highest BCUT2D eigenvalue weighted by atomic mass is 127. The van der Waals surface area contributed by atoms with Crippen LogP contribution in [-0.4, -0.2) is 11.0 Å². The number of rotatable bonds is 4. The second-order valence-electron chi connectivity index (χ2n) is 4.97. The Hall–Kier alpha value is -2.12. The van der Waals surface area contributed by atoms with Crippen molar-refractivity contribution < 1.29 is 14.3 Å². The SMILES string of the molecule is O=C(Nc1cccc(-c2ccc(CO)o2)c1)c1ccc(I)cc1. The smallest absolute Gasteiger partial charge is 0.255 e. The monoisotopic (exact) mass is 419 g/mol. The third-order valence-corrected chi connectivity index (χ3v) is 4.05. The van der Waals surface area contributed by atoms with Gasteiger partial charge in [0.05, 0.1) is 0 Å². The van der Waals surface area contributed by atoms with Crippen molar-refractivity contribution in [2.75, 3.05) is 5.32 Å². The van der Waals surface area contributed by atoms with Crippen LogP contribution in [0.1, 0.15) is 16.1 Å². The van der Waals surface area contributed by atoms with Crippen LogP contribution in [0.2, 0.25) is 0 Å². The Bertz CT molecular complexity index is 824. The summed E-state index contributed by atoms with van der Waals surface area (Å²) >= 11 is 2.20. The van der Waals surface area contributed by atoms with Gasteiger partial charge in [-0.1, -0.05) is 12.1 Å². The van der Waals surface area contributed by atoms with Crippen LogP contribution < -0.4 is 5.32 Å². The standard InChI is InChI=1S/C18H14INO3/c19-14-6-4-12(5-7-14)18(22)20-15-3-1-2-13(10-15)17-9-8-16(11-21)23-17/h1-10,21H,11H2,(H,20,22). The van der Waals surface area contributed by atoms with Crippen molar-refractivity contribution in [1.82, 2.24) is 0 Å². The minimum atomic E-state index is -0.158. The number of carbonyl (C=O) groups excluding carboxylic acids is 1. The zero-order valence-electron chi connectivity index (χ0n) is 12.1. The predicted molar refractivity (Wildman–Crippen MR) is 97.2 cm³/mol. The fourth-order valence-corrected chi connectivity index (χ4v) is 2.53. The molecule has 0 radical (unpaired) electrons. The van der Waals surface area contributed by atoms with Crippen LogP contribution in [0.25, 0.3) is 11.3 Å². The van der Waals surface area contributed by atoms with E-state index in [4.69, 9.17) is 9.52 Å². The van der Waals surface area contributed by atoms with E-state index in [1.165, 1.54) is 0 Å². The lowest BCUT2D eigenvalue weighted by atomic mass is 10.1. The Balaban J connectivity index is 1.79. The molecule has 0 aliphatic heterocycles. The van der Waals surface area contributed by atoms with Gasteiger partial charge in [0, 0.05) is 20.4 Å². The van der Waals surface area contributed by atoms with Crippen molar-refractivity contribution in [3.8, 4) is 11.3 Å². The van der Waals surface area contributed by atoms with Crippen LogP contribution in [-0.2, 0) is 6.61 Å². The van der Waals surface area contributed by atoms with Crippen LogP contribution in [0.15, 0.2) is 65.1 Å². The molecule has 1 amide bonds. The molecular formula is C18H14INO3. The van der Waals surface area contributed by atoms with Crippen LogP contribution in [0.4, 0.5) is 5.69 Å². The Labute approximate surface area is 147 Å². The number of anilines is 1. The van der Waals surface area contributed by atoms with Gasteiger partial charge >= 0.3 is 0 Å². The maximum Gasteiger partial charge on any atom is 0.255 e. The first kappa shape index (κ1) is 15.8. The van der Waals surface area contributed by atoms with Gasteiger partial charge in [-0.3, -0.25) is 4.79 Å². The molecule has 0 aliphatic carbocycles. The fraction of sp³-hybridized carbons (Fsp3) is 0.0556. The topological polar surface area (TPSA) is 62.5 Å². The summed E-state index contributed by atoms with van der Waals surface area (Å²) in [5.74, 6) is 1.00. The molecular weight excluding hydrogens is 405 g/mol. The van der Waals surface area contributed by atoms with Crippen LogP contribution in [0.3, 0.4) is 0 Å². The number of carbonyl (C=O) groups is 1. The summed E-state index contributed by atoms with van der Waals surface area (Å²) in [5, 5.41) is 11.9. The number of aliphatic hydroxyl groups is 1. The first-order valence-corrected chi connectivity index (χ1v) is 8.10. The summed E-state index contributed by atoms with van der Waals surface area (Å²) in [6.07, 6.45) is 0. The van der Waals surface area contributed by atoms with Gasteiger partial charge in [-0.05, 0) is 71.1 Å². The number of aliphatic hydroxyl groups excluding tert-OH is 1. The molecule has 2 aromatic carbocycles. The highest BCUT2D eigenvalue weighted by Crippen LogP contribution is 2.25. The lowest BCUT2D eigenvalue weighted by Gasteiger charge is -2.07. The van der Waals surface area contributed by atoms with E-state index in [0.717, 1.165) is 9.13 Å². The highest BCUT2D eigenvalue weighted by Gasteiger charge is 2.08. The molecule has 5 heteroatoms. The molecule has 0 fully saturated rings. The molecule has 3 aromatic rings. The quantitative estimate of drug-likeness (QED) is 0.621. The maximum absolute atomic E-state index is 12.3. The van der Waals surface area contributed by atoms with E-state index in [1.807, 2.05) is 36.4 Å². The highest BCUT2D eigenvalue weighted by molar-refractivity contribution is 14.1. The Morgan fingerprint density at radius 1 is 1.09 bits per heavy atom. The van der Waals surface area contributed by atoms with Gasteiger partial charge in [0.25, 0.3) is 5.91 Å². The minimum Gasteiger partial charge on any atom is -0.459 e. The maximum atomic E-state index is 12.3. The number of halogens is 1. The molecule has 116 valence electrons. The molecule has 4 nitrogen and oxygen atoms in total. The summed E-state index contributed by atoms with van der Waals surface area (Å²) in [6, 6.07) is 18.3. The van der Waals surface area contributed by atoms with Gasteiger partial charge in [-0.15, -0.1) is 0 Å². The van der Waals surface area contributed by atoms with Gasteiger partial charge < -0.3 is 14.8 Å². The van der Waals surface area contributed by atoms with Crippen LogP contribution in [0.5, 0.6) is 0 Å². The largest absolute Gasteiger partial charge is 0.459 e. The van der Waals surface area contributed by atoms with E-state index in [9.17, 15) is 4.79 Å². The molecule has 0 bridgehead atoms. The molecule has 3 rings (SSSR count). The molecule has 23 heavy (non-hydrogen) atoms. The summed E-state index contributed by atoms with van der Waals surface area (Å²) in [6.45, 7) is -0.136. The van der Waals surface area contributed by atoms with E-state index in [-0.39, 0.29) is 12.5 Å². The van der Waals surface area contributed by atoms with Gasteiger partial charge in [0.15, 0.2) is 0 Å². The van der Waals surface area contributed by atoms with Gasteiger partial charge in [-0.25, -0.2) is 0 Å². The van der Waals surface area contributed by atoms with E-state index < -0.39 is 0 Å². The summed E-state index contributed by atoms with van der Waals surface area (Å²) in [4.78, 5) is 12.3. The number of furan rings is 1. The molecule has 1 aromatic heterocycles. The third-order valence-electron chi connectivity index (χ3n) is 3.33. The van der Waals surface area contributed by atoms with Crippen LogP contribution >= 0.6 is 22.6 Å².